The molecule has 180 valence electrons. The zero-order valence-electron chi connectivity index (χ0n) is 19.4. The van der Waals surface area contributed by atoms with Gasteiger partial charge in [-0.25, -0.2) is 9.80 Å². The number of hydrogen-bond donors (Lipinski definition) is 0. The molecule has 1 atom stereocenters. The van der Waals surface area contributed by atoms with Crippen LogP contribution in [0.3, 0.4) is 0 Å². The summed E-state index contributed by atoms with van der Waals surface area (Å²) in [4.78, 5) is 29.2. The predicted octanol–water partition coefficient (Wildman–Crippen LogP) is 3.80. The van der Waals surface area contributed by atoms with Crippen LogP contribution in [-0.4, -0.2) is 79.0 Å². The smallest absolute Gasteiger partial charge is 0.409 e. The van der Waals surface area contributed by atoms with Crippen molar-refractivity contribution in [2.24, 2.45) is 5.10 Å². The highest BCUT2D eigenvalue weighted by molar-refractivity contribution is 6.34. The Hall–Kier alpha value is -3.10. The lowest BCUT2D eigenvalue weighted by atomic mass is 9.97. The number of para-hydroxylation sites is 1. The fourth-order valence-electron chi connectivity index (χ4n) is 4.35. The second-order valence-electron chi connectivity index (χ2n) is 8.19. The molecule has 2 aliphatic heterocycles. The van der Waals surface area contributed by atoms with E-state index in [2.05, 4.69) is 0 Å². The van der Waals surface area contributed by atoms with E-state index in [-0.39, 0.29) is 24.6 Å². The van der Waals surface area contributed by atoms with E-state index in [1.165, 1.54) is 0 Å². The number of halogens is 1. The zero-order valence-corrected chi connectivity index (χ0v) is 20.2. The molecular formula is C25H29ClN4O4. The van der Waals surface area contributed by atoms with Crippen molar-refractivity contribution < 1.29 is 19.1 Å². The number of hydrogen-bond acceptors (Lipinski definition) is 6. The van der Waals surface area contributed by atoms with Gasteiger partial charge in [0.05, 0.1) is 32.0 Å². The van der Waals surface area contributed by atoms with Crippen molar-refractivity contribution in [1.82, 2.24) is 14.8 Å². The second kappa shape index (κ2) is 10.9. The molecule has 2 aromatic carbocycles. The Morgan fingerprint density at radius 3 is 2.47 bits per heavy atom. The number of rotatable bonds is 6. The average Bonchev–Trinajstić information content (AvgIpc) is 3.30. The van der Waals surface area contributed by atoms with Crippen LogP contribution in [0.25, 0.3) is 0 Å². The van der Waals surface area contributed by atoms with Gasteiger partial charge in [0.2, 0.25) is 0 Å². The van der Waals surface area contributed by atoms with Crippen LogP contribution >= 0.6 is 11.6 Å². The molecule has 0 N–H and O–H groups in total. The van der Waals surface area contributed by atoms with E-state index in [4.69, 9.17) is 26.2 Å². The third-order valence-corrected chi connectivity index (χ3v) is 6.44. The maximum atomic E-state index is 13.5. The van der Waals surface area contributed by atoms with Gasteiger partial charge >= 0.3 is 6.09 Å². The maximum Gasteiger partial charge on any atom is 0.409 e. The maximum absolute atomic E-state index is 13.5. The van der Waals surface area contributed by atoms with Crippen molar-refractivity contribution >= 4 is 29.3 Å². The Morgan fingerprint density at radius 1 is 1.06 bits per heavy atom. The fourth-order valence-corrected chi connectivity index (χ4v) is 4.59. The first-order valence-corrected chi connectivity index (χ1v) is 11.8. The van der Waals surface area contributed by atoms with Crippen LogP contribution < -0.4 is 4.74 Å². The Kier molecular flexibility index (Phi) is 7.70. The first kappa shape index (κ1) is 24.0. The number of hydrazone groups is 1. The van der Waals surface area contributed by atoms with Crippen LogP contribution in [0.2, 0.25) is 5.02 Å². The summed E-state index contributed by atoms with van der Waals surface area (Å²) in [6.45, 7) is 4.59. The number of nitrogens with zero attached hydrogens (tertiary/aromatic N) is 4. The van der Waals surface area contributed by atoms with Gasteiger partial charge in [0.15, 0.2) is 0 Å². The monoisotopic (exact) mass is 484 g/mol. The number of benzene rings is 2. The fraction of sp³-hybridized carbons (Fsp3) is 0.400. The molecule has 0 aromatic heterocycles. The van der Waals surface area contributed by atoms with Gasteiger partial charge in [0.25, 0.3) is 5.91 Å². The molecule has 0 saturated carbocycles. The molecule has 2 amide bonds. The molecule has 0 radical (unpaired) electrons. The third kappa shape index (κ3) is 5.18. The molecule has 1 saturated heterocycles. The highest BCUT2D eigenvalue weighted by Crippen LogP contribution is 2.38. The van der Waals surface area contributed by atoms with E-state index in [1.807, 2.05) is 53.4 Å². The van der Waals surface area contributed by atoms with Crippen molar-refractivity contribution in [3.05, 3.63) is 64.7 Å². The van der Waals surface area contributed by atoms with Crippen LogP contribution in [0.15, 0.2) is 53.6 Å². The van der Waals surface area contributed by atoms with Crippen molar-refractivity contribution in [1.29, 1.82) is 0 Å². The Balaban J connectivity index is 1.53. The lowest BCUT2D eigenvalue weighted by Gasteiger charge is -2.34. The number of carbonyl (C=O) groups is 2. The molecule has 34 heavy (non-hydrogen) atoms. The summed E-state index contributed by atoms with van der Waals surface area (Å²) in [5.74, 6) is 0.603. The Morgan fingerprint density at radius 2 is 1.76 bits per heavy atom. The van der Waals surface area contributed by atoms with Crippen molar-refractivity contribution in [3.8, 4) is 5.75 Å². The molecule has 0 spiro atoms. The van der Waals surface area contributed by atoms with Crippen LogP contribution in [0, 0.1) is 0 Å². The number of carbonyl (C=O) groups excluding carboxylic acids is 2. The number of piperazine rings is 1. The van der Waals surface area contributed by atoms with Gasteiger partial charge in [0.1, 0.15) is 5.75 Å². The molecule has 2 heterocycles. The normalized spacial score (nSPS) is 18.6. The highest BCUT2D eigenvalue weighted by atomic mass is 35.5. The average molecular weight is 485 g/mol. The highest BCUT2D eigenvalue weighted by Gasteiger charge is 2.36. The lowest BCUT2D eigenvalue weighted by Crippen LogP contribution is -2.51. The number of amides is 2. The lowest BCUT2D eigenvalue weighted by molar-refractivity contribution is -0.134. The first-order chi connectivity index (χ1) is 16.5. The minimum Gasteiger partial charge on any atom is -0.496 e. The molecule has 4 rings (SSSR count). The van der Waals surface area contributed by atoms with E-state index in [0.717, 1.165) is 16.8 Å². The van der Waals surface area contributed by atoms with E-state index < -0.39 is 0 Å². The molecule has 0 bridgehead atoms. The van der Waals surface area contributed by atoms with Crippen LogP contribution in [0.1, 0.15) is 30.5 Å². The van der Waals surface area contributed by atoms with Crippen molar-refractivity contribution in [3.63, 3.8) is 0 Å². The SMILES string of the molecule is CCOC(=O)N1CCN(CC(=O)N2N=C(c3ccccc3Cl)CC2c2ccccc2OC)CC1. The van der Waals surface area contributed by atoms with E-state index >= 15 is 0 Å². The van der Waals surface area contributed by atoms with Crippen LogP contribution in [-0.2, 0) is 9.53 Å². The van der Waals surface area contributed by atoms with Gasteiger partial charge in [-0.3, -0.25) is 9.69 Å². The summed E-state index contributed by atoms with van der Waals surface area (Å²) >= 11 is 6.44. The third-order valence-electron chi connectivity index (χ3n) is 6.11. The van der Waals surface area contributed by atoms with Gasteiger partial charge in [0, 0.05) is 48.7 Å². The van der Waals surface area contributed by atoms with Crippen molar-refractivity contribution in [2.45, 2.75) is 19.4 Å². The molecule has 1 fully saturated rings. The van der Waals surface area contributed by atoms with Crippen LogP contribution in [0.4, 0.5) is 4.79 Å². The van der Waals surface area contributed by atoms with Gasteiger partial charge < -0.3 is 14.4 Å². The number of ether oxygens (including phenoxy) is 2. The summed E-state index contributed by atoms with van der Waals surface area (Å²) in [5, 5.41) is 6.90. The largest absolute Gasteiger partial charge is 0.496 e. The molecule has 8 nitrogen and oxygen atoms in total. The standard InChI is InChI=1S/C25H29ClN4O4/c1-3-34-25(32)29-14-12-28(13-15-29)17-24(31)30-22(19-9-5-7-11-23(19)33-2)16-21(27-30)18-8-4-6-10-20(18)26/h4-11,22H,3,12-17H2,1-2H3. The summed E-state index contributed by atoms with van der Waals surface area (Å²) in [6.07, 6.45) is 0.227. The molecule has 1 unspecified atom stereocenters. The minimum atomic E-state index is -0.307. The van der Waals surface area contributed by atoms with Gasteiger partial charge in [-0.15, -0.1) is 0 Å². The van der Waals surface area contributed by atoms with E-state index in [0.29, 0.717) is 50.0 Å². The molecular weight excluding hydrogens is 456 g/mol. The van der Waals surface area contributed by atoms with Crippen LogP contribution in [0.5, 0.6) is 5.75 Å². The topological polar surface area (TPSA) is 74.7 Å². The summed E-state index contributed by atoms with van der Waals surface area (Å²) in [5.41, 5.74) is 2.49. The summed E-state index contributed by atoms with van der Waals surface area (Å²) in [6, 6.07) is 14.9. The number of methoxy groups -OCH3 is 1. The van der Waals surface area contributed by atoms with Gasteiger partial charge in [-0.2, -0.15) is 5.10 Å². The van der Waals surface area contributed by atoms with Crippen molar-refractivity contribution in [2.75, 3.05) is 46.4 Å². The van der Waals surface area contributed by atoms with E-state index in [9.17, 15) is 9.59 Å². The second-order valence-corrected chi connectivity index (χ2v) is 8.60. The summed E-state index contributed by atoms with van der Waals surface area (Å²) < 4.78 is 10.7. The quantitative estimate of drug-likeness (QED) is 0.623. The minimum absolute atomic E-state index is 0.109. The van der Waals surface area contributed by atoms with E-state index in [1.54, 1.807) is 23.9 Å². The summed E-state index contributed by atoms with van der Waals surface area (Å²) in [7, 11) is 1.62. The molecule has 0 aliphatic carbocycles. The molecule has 2 aliphatic rings. The molecule has 9 heteroatoms. The first-order valence-electron chi connectivity index (χ1n) is 11.4. The Labute approximate surface area is 204 Å². The Bertz CT molecular complexity index is 1070. The zero-order chi connectivity index (χ0) is 24.1. The molecule has 2 aromatic rings. The van der Waals surface area contributed by atoms with Gasteiger partial charge in [-0.05, 0) is 19.1 Å². The van der Waals surface area contributed by atoms with Gasteiger partial charge in [-0.1, -0.05) is 48.0 Å². The predicted molar refractivity (Wildman–Crippen MR) is 130 cm³/mol.